The van der Waals surface area contributed by atoms with Crippen molar-refractivity contribution in [1.82, 2.24) is 10.2 Å². The van der Waals surface area contributed by atoms with Crippen molar-refractivity contribution in [1.29, 1.82) is 0 Å². The minimum absolute atomic E-state index is 0.0948. The van der Waals surface area contributed by atoms with Gasteiger partial charge in [0.25, 0.3) is 0 Å². The van der Waals surface area contributed by atoms with Gasteiger partial charge >= 0.3 is 0 Å². The summed E-state index contributed by atoms with van der Waals surface area (Å²) in [7, 11) is -2.33. The van der Waals surface area contributed by atoms with E-state index in [1.807, 2.05) is 6.07 Å². The van der Waals surface area contributed by atoms with Crippen LogP contribution in [0.15, 0.2) is 48.5 Å². The van der Waals surface area contributed by atoms with Gasteiger partial charge in [-0.1, -0.05) is 42.6 Å². The van der Waals surface area contributed by atoms with Crippen LogP contribution in [-0.4, -0.2) is 57.1 Å². The van der Waals surface area contributed by atoms with Gasteiger partial charge in [-0.15, -0.1) is 0 Å². The van der Waals surface area contributed by atoms with Crippen LogP contribution in [0.4, 0.5) is 5.69 Å². The highest BCUT2D eigenvalue weighted by Gasteiger charge is 2.31. The molecule has 10 heteroatoms. The maximum Gasteiger partial charge on any atom is 0.244 e. The van der Waals surface area contributed by atoms with Gasteiger partial charge in [0.15, 0.2) is 0 Å². The first-order chi connectivity index (χ1) is 16.6. The summed E-state index contributed by atoms with van der Waals surface area (Å²) >= 11 is 6.13. The predicted molar refractivity (Wildman–Crippen MR) is 137 cm³/mol. The van der Waals surface area contributed by atoms with Crippen LogP contribution in [0.25, 0.3) is 0 Å². The molecule has 0 radical (unpaired) electrons. The lowest BCUT2D eigenvalue weighted by atomic mass is 10.1. The van der Waals surface area contributed by atoms with E-state index in [9.17, 15) is 18.0 Å². The van der Waals surface area contributed by atoms with Crippen LogP contribution in [-0.2, 0) is 26.2 Å². The van der Waals surface area contributed by atoms with E-state index in [-0.39, 0.29) is 18.5 Å². The number of benzene rings is 2. The van der Waals surface area contributed by atoms with Crippen LogP contribution in [0.1, 0.15) is 38.2 Å². The fourth-order valence-corrected chi connectivity index (χ4v) is 5.24. The molecular weight excluding hydrogens is 490 g/mol. The quantitative estimate of drug-likeness (QED) is 0.515. The minimum atomic E-state index is -3.81. The van der Waals surface area contributed by atoms with Gasteiger partial charge in [-0.05, 0) is 49.6 Å². The highest BCUT2D eigenvalue weighted by atomic mass is 35.5. The highest BCUT2D eigenvalue weighted by molar-refractivity contribution is 7.92. The zero-order valence-corrected chi connectivity index (χ0v) is 21.8. The summed E-state index contributed by atoms with van der Waals surface area (Å²) in [5, 5.41) is 3.54. The molecule has 0 bridgehead atoms. The average Bonchev–Trinajstić information content (AvgIpc) is 3.32. The van der Waals surface area contributed by atoms with Crippen LogP contribution in [0, 0.1) is 0 Å². The number of hydrogen-bond donors (Lipinski definition) is 1. The van der Waals surface area contributed by atoms with Crippen molar-refractivity contribution in [2.24, 2.45) is 0 Å². The summed E-state index contributed by atoms with van der Waals surface area (Å²) in [6.07, 6.45) is 5.00. The van der Waals surface area contributed by atoms with Gasteiger partial charge in [0.1, 0.15) is 18.3 Å². The third-order valence-electron chi connectivity index (χ3n) is 6.13. The molecule has 0 aliphatic heterocycles. The summed E-state index contributed by atoms with van der Waals surface area (Å²) in [5.41, 5.74) is 1.03. The van der Waals surface area contributed by atoms with E-state index in [0.717, 1.165) is 41.8 Å². The molecule has 1 fully saturated rings. The van der Waals surface area contributed by atoms with E-state index < -0.39 is 28.5 Å². The third kappa shape index (κ3) is 7.35. The number of amides is 2. The smallest absolute Gasteiger partial charge is 0.244 e. The molecule has 0 saturated heterocycles. The number of sulfonamides is 1. The van der Waals surface area contributed by atoms with Crippen LogP contribution in [0.5, 0.6) is 5.75 Å². The van der Waals surface area contributed by atoms with Gasteiger partial charge in [0, 0.05) is 23.7 Å². The third-order valence-corrected chi connectivity index (χ3v) is 7.51. The van der Waals surface area contributed by atoms with Crippen LogP contribution < -0.4 is 14.4 Å². The van der Waals surface area contributed by atoms with E-state index in [1.165, 1.54) is 12.0 Å². The first kappa shape index (κ1) is 26.8. The van der Waals surface area contributed by atoms with Gasteiger partial charge < -0.3 is 15.0 Å². The number of hydrogen-bond acceptors (Lipinski definition) is 5. The Balaban J connectivity index is 1.89. The second kappa shape index (κ2) is 11.8. The van der Waals surface area contributed by atoms with Crippen LogP contribution in [0.3, 0.4) is 0 Å². The molecule has 35 heavy (non-hydrogen) atoms. The number of halogens is 1. The number of anilines is 1. The Kier molecular flexibility index (Phi) is 9.02. The molecule has 0 spiro atoms. The molecule has 1 saturated carbocycles. The van der Waals surface area contributed by atoms with E-state index in [2.05, 4.69) is 5.32 Å². The van der Waals surface area contributed by atoms with Crippen LogP contribution >= 0.6 is 11.6 Å². The lowest BCUT2D eigenvalue weighted by Gasteiger charge is -2.32. The fraction of sp³-hybridized carbons (Fsp3) is 0.440. The van der Waals surface area contributed by atoms with Crippen molar-refractivity contribution >= 4 is 39.1 Å². The van der Waals surface area contributed by atoms with Crippen molar-refractivity contribution < 1.29 is 22.7 Å². The van der Waals surface area contributed by atoms with Crippen molar-refractivity contribution in [2.75, 3.05) is 24.2 Å². The Labute approximate surface area is 212 Å². The Morgan fingerprint density at radius 1 is 1.14 bits per heavy atom. The van der Waals surface area contributed by atoms with Crippen molar-refractivity contribution in [3.8, 4) is 5.75 Å². The number of rotatable bonds is 10. The molecule has 8 nitrogen and oxygen atoms in total. The van der Waals surface area contributed by atoms with E-state index >= 15 is 0 Å². The second-order valence-electron chi connectivity index (χ2n) is 8.79. The Morgan fingerprint density at radius 2 is 1.83 bits per heavy atom. The fourth-order valence-electron chi connectivity index (χ4n) is 4.19. The predicted octanol–water partition coefficient (Wildman–Crippen LogP) is 3.59. The number of carbonyl (C=O) groups excluding carboxylic acids is 2. The van der Waals surface area contributed by atoms with Gasteiger partial charge in [-0.2, -0.15) is 0 Å². The standard InChI is InChI=1S/C25H32ClN3O5S/c1-18(25(31)27-21-10-4-5-11-21)28(16-19-8-6-9-20(26)14-19)24(30)17-29(35(3,32)33)22-12-7-13-23(15-22)34-2/h6-9,12-15,18,21H,4-5,10-11,16-17H2,1-3H3,(H,27,31). The average molecular weight is 522 g/mol. The molecule has 2 amide bonds. The summed E-state index contributed by atoms with van der Waals surface area (Å²) in [5.74, 6) is -0.310. The maximum absolute atomic E-state index is 13.6. The summed E-state index contributed by atoms with van der Waals surface area (Å²) in [6, 6.07) is 12.8. The van der Waals surface area contributed by atoms with Crippen molar-refractivity contribution in [3.63, 3.8) is 0 Å². The molecule has 2 aromatic rings. The molecular formula is C25H32ClN3O5S. The number of ether oxygens (including phenoxy) is 1. The molecule has 190 valence electrons. The summed E-state index contributed by atoms with van der Waals surface area (Å²) in [4.78, 5) is 28.0. The lowest BCUT2D eigenvalue weighted by molar-refractivity contribution is -0.139. The Morgan fingerprint density at radius 3 is 2.46 bits per heavy atom. The topological polar surface area (TPSA) is 96.0 Å². The van der Waals surface area contributed by atoms with Gasteiger partial charge in [0.2, 0.25) is 21.8 Å². The minimum Gasteiger partial charge on any atom is -0.497 e. The monoisotopic (exact) mass is 521 g/mol. The number of methoxy groups -OCH3 is 1. The highest BCUT2D eigenvalue weighted by Crippen LogP contribution is 2.24. The van der Waals surface area contributed by atoms with Crippen molar-refractivity contribution in [3.05, 3.63) is 59.1 Å². The molecule has 3 rings (SSSR count). The second-order valence-corrected chi connectivity index (χ2v) is 11.1. The molecule has 1 unspecified atom stereocenters. The molecule has 0 aromatic heterocycles. The zero-order chi connectivity index (χ0) is 25.6. The first-order valence-corrected chi connectivity index (χ1v) is 13.8. The van der Waals surface area contributed by atoms with E-state index in [4.69, 9.17) is 16.3 Å². The molecule has 0 heterocycles. The maximum atomic E-state index is 13.6. The Bertz CT molecular complexity index is 1150. The first-order valence-electron chi connectivity index (χ1n) is 11.5. The zero-order valence-electron chi connectivity index (χ0n) is 20.2. The van der Waals surface area contributed by atoms with Crippen molar-refractivity contribution in [2.45, 2.75) is 51.2 Å². The van der Waals surface area contributed by atoms with Gasteiger partial charge in [-0.3, -0.25) is 13.9 Å². The number of carbonyl (C=O) groups is 2. The number of nitrogens with one attached hydrogen (secondary N) is 1. The largest absolute Gasteiger partial charge is 0.497 e. The Hall–Kier alpha value is -2.78. The van der Waals surface area contributed by atoms with Gasteiger partial charge in [0.05, 0.1) is 19.1 Å². The molecule has 1 aliphatic rings. The summed E-state index contributed by atoms with van der Waals surface area (Å²) < 4.78 is 31.5. The van der Waals surface area contributed by atoms with Gasteiger partial charge in [-0.25, -0.2) is 8.42 Å². The van der Waals surface area contributed by atoms with Crippen LogP contribution in [0.2, 0.25) is 5.02 Å². The lowest BCUT2D eigenvalue weighted by Crippen LogP contribution is -2.52. The molecule has 1 aliphatic carbocycles. The van der Waals surface area contributed by atoms with E-state index in [0.29, 0.717) is 16.5 Å². The molecule has 1 atom stereocenters. The van der Waals surface area contributed by atoms with E-state index in [1.54, 1.807) is 49.4 Å². The molecule has 1 N–H and O–H groups in total. The number of nitrogens with zero attached hydrogens (tertiary/aromatic N) is 2. The molecule has 2 aromatic carbocycles. The normalized spacial score (nSPS) is 14.9. The summed E-state index contributed by atoms with van der Waals surface area (Å²) in [6.45, 7) is 1.30. The SMILES string of the molecule is COc1cccc(N(CC(=O)N(Cc2cccc(Cl)c2)C(C)C(=O)NC2CCCC2)S(C)(=O)=O)c1.